The molecule has 0 saturated heterocycles. The molecule has 4 nitrogen and oxygen atoms in total. The van der Waals surface area contributed by atoms with Crippen LogP contribution in [0.25, 0.3) is 0 Å². The molecule has 0 bridgehead atoms. The van der Waals surface area contributed by atoms with Crippen LogP contribution in [0.4, 0.5) is 0 Å². The molecule has 1 aromatic rings. The zero-order valence-electron chi connectivity index (χ0n) is 7.87. The Kier molecular flexibility index (Phi) is 3.08. The number of carboxylic acid groups (broad SMARTS) is 1. The lowest BCUT2D eigenvalue weighted by Gasteiger charge is -2.08. The Balaban J connectivity index is 2.65. The van der Waals surface area contributed by atoms with Gasteiger partial charge in [-0.3, -0.25) is 0 Å². The van der Waals surface area contributed by atoms with Crippen molar-refractivity contribution in [3.05, 3.63) is 23.5 Å². The van der Waals surface area contributed by atoms with E-state index < -0.39 is 5.97 Å². The van der Waals surface area contributed by atoms with Crippen molar-refractivity contribution < 1.29 is 9.90 Å². The van der Waals surface area contributed by atoms with E-state index in [0.29, 0.717) is 5.56 Å². The van der Waals surface area contributed by atoms with Gasteiger partial charge in [0.25, 0.3) is 0 Å². The van der Waals surface area contributed by atoms with Crippen molar-refractivity contribution in [2.75, 3.05) is 20.6 Å². The summed E-state index contributed by atoms with van der Waals surface area (Å²) in [6.07, 6.45) is 2.40. The molecule has 13 heavy (non-hydrogen) atoms. The summed E-state index contributed by atoms with van der Waals surface area (Å²) in [7, 11) is 3.92. The number of carboxylic acids is 1. The van der Waals surface area contributed by atoms with Gasteiger partial charge < -0.3 is 15.0 Å². The fourth-order valence-corrected chi connectivity index (χ4v) is 1.15. The van der Waals surface area contributed by atoms with Crippen LogP contribution in [0.15, 0.2) is 12.3 Å². The Morgan fingerprint density at radius 3 is 2.85 bits per heavy atom. The average molecular weight is 182 g/mol. The van der Waals surface area contributed by atoms with Crippen molar-refractivity contribution in [3.8, 4) is 0 Å². The molecule has 0 fully saturated rings. The van der Waals surface area contributed by atoms with E-state index in [1.54, 1.807) is 12.3 Å². The first-order chi connectivity index (χ1) is 6.11. The monoisotopic (exact) mass is 182 g/mol. The number of nitrogens with zero attached hydrogens (tertiary/aromatic N) is 1. The smallest absolute Gasteiger partial charge is 0.337 e. The van der Waals surface area contributed by atoms with Crippen LogP contribution in [0.5, 0.6) is 0 Å². The molecule has 0 saturated carbocycles. The summed E-state index contributed by atoms with van der Waals surface area (Å²) in [6, 6.07) is 1.59. The van der Waals surface area contributed by atoms with Gasteiger partial charge in [-0.05, 0) is 20.2 Å². The molecule has 72 valence electrons. The highest BCUT2D eigenvalue weighted by molar-refractivity contribution is 5.88. The predicted octanol–water partition coefficient (Wildman–Crippen LogP) is 0.817. The summed E-state index contributed by atoms with van der Waals surface area (Å²) in [4.78, 5) is 15.6. The number of likely N-dealkylation sites (N-methyl/N-ethyl adjacent to an activating group) is 1. The Bertz CT molecular complexity index is 292. The van der Waals surface area contributed by atoms with Gasteiger partial charge in [-0.25, -0.2) is 4.79 Å². The van der Waals surface area contributed by atoms with Crippen molar-refractivity contribution in [1.82, 2.24) is 9.88 Å². The second kappa shape index (κ2) is 4.09. The Hall–Kier alpha value is -1.29. The normalized spacial score (nSPS) is 10.7. The van der Waals surface area contributed by atoms with Gasteiger partial charge in [0.1, 0.15) is 0 Å². The molecule has 0 radical (unpaired) electrons. The van der Waals surface area contributed by atoms with Gasteiger partial charge in [0.05, 0.1) is 5.56 Å². The Labute approximate surface area is 77.2 Å². The maximum absolute atomic E-state index is 10.7. The maximum atomic E-state index is 10.7. The van der Waals surface area contributed by atoms with Gasteiger partial charge in [-0.15, -0.1) is 0 Å². The van der Waals surface area contributed by atoms with Crippen LogP contribution in [-0.2, 0) is 6.42 Å². The van der Waals surface area contributed by atoms with Crippen LogP contribution in [-0.4, -0.2) is 41.6 Å². The first-order valence-corrected chi connectivity index (χ1v) is 4.15. The fourth-order valence-electron chi connectivity index (χ4n) is 1.15. The molecule has 0 aliphatic carbocycles. The number of rotatable bonds is 4. The van der Waals surface area contributed by atoms with E-state index in [1.165, 1.54) is 0 Å². The molecule has 0 amide bonds. The van der Waals surface area contributed by atoms with Gasteiger partial charge in [-0.1, -0.05) is 0 Å². The second-order valence-corrected chi connectivity index (χ2v) is 3.23. The predicted molar refractivity (Wildman–Crippen MR) is 50.0 cm³/mol. The first kappa shape index (κ1) is 9.80. The molecular formula is C9H14N2O2. The number of aromatic nitrogens is 1. The third-order valence-electron chi connectivity index (χ3n) is 1.87. The van der Waals surface area contributed by atoms with Crippen molar-refractivity contribution >= 4 is 5.97 Å². The molecule has 4 heteroatoms. The van der Waals surface area contributed by atoms with Crippen molar-refractivity contribution in [1.29, 1.82) is 0 Å². The molecule has 2 N–H and O–H groups in total. The quantitative estimate of drug-likeness (QED) is 0.724. The zero-order valence-corrected chi connectivity index (χ0v) is 7.87. The lowest BCUT2D eigenvalue weighted by atomic mass is 10.2. The van der Waals surface area contributed by atoms with Crippen molar-refractivity contribution in [2.24, 2.45) is 0 Å². The minimum Gasteiger partial charge on any atom is -0.478 e. The van der Waals surface area contributed by atoms with E-state index in [1.807, 2.05) is 19.0 Å². The number of aromatic carboxylic acids is 1. The minimum absolute atomic E-state index is 0.377. The van der Waals surface area contributed by atoms with Crippen LogP contribution in [0.3, 0.4) is 0 Å². The number of hydrogen-bond donors (Lipinski definition) is 2. The maximum Gasteiger partial charge on any atom is 0.337 e. The number of nitrogens with one attached hydrogen (secondary N) is 1. The van der Waals surface area contributed by atoms with Gasteiger partial charge in [0, 0.05) is 24.9 Å². The van der Waals surface area contributed by atoms with Crippen molar-refractivity contribution in [2.45, 2.75) is 6.42 Å². The minimum atomic E-state index is -0.866. The highest BCUT2D eigenvalue weighted by atomic mass is 16.4. The molecule has 0 unspecified atom stereocenters. The molecule has 0 aliphatic rings. The van der Waals surface area contributed by atoms with Crippen LogP contribution in [0.2, 0.25) is 0 Å². The highest BCUT2D eigenvalue weighted by Crippen LogP contribution is 2.07. The molecular weight excluding hydrogens is 168 g/mol. The summed E-state index contributed by atoms with van der Waals surface area (Å²) in [5.41, 5.74) is 1.17. The van der Waals surface area contributed by atoms with E-state index >= 15 is 0 Å². The average Bonchev–Trinajstić information content (AvgIpc) is 2.47. The number of carbonyl (C=O) groups is 1. The van der Waals surface area contributed by atoms with E-state index in [9.17, 15) is 4.79 Å². The van der Waals surface area contributed by atoms with Gasteiger partial charge in [0.15, 0.2) is 0 Å². The van der Waals surface area contributed by atoms with E-state index in [4.69, 9.17) is 5.11 Å². The number of hydrogen-bond acceptors (Lipinski definition) is 2. The van der Waals surface area contributed by atoms with Crippen LogP contribution in [0, 0.1) is 0 Å². The van der Waals surface area contributed by atoms with Crippen LogP contribution in [0.1, 0.15) is 16.1 Å². The summed E-state index contributed by atoms with van der Waals surface area (Å²) >= 11 is 0. The molecule has 1 aromatic heterocycles. The molecule has 1 rings (SSSR count). The van der Waals surface area contributed by atoms with Gasteiger partial charge >= 0.3 is 5.97 Å². The second-order valence-electron chi connectivity index (χ2n) is 3.23. The van der Waals surface area contributed by atoms with E-state index in [-0.39, 0.29) is 0 Å². The summed E-state index contributed by atoms with van der Waals surface area (Å²) in [6.45, 7) is 0.848. The first-order valence-electron chi connectivity index (χ1n) is 4.15. The third-order valence-corrected chi connectivity index (χ3v) is 1.87. The van der Waals surface area contributed by atoms with Gasteiger partial charge in [-0.2, -0.15) is 0 Å². The standard InChI is InChI=1S/C9H14N2O2/c1-11(2)6-4-8-7(9(12)13)3-5-10-8/h3,5,10H,4,6H2,1-2H3,(H,12,13). The lowest BCUT2D eigenvalue weighted by Crippen LogP contribution is -2.16. The SMILES string of the molecule is CN(C)CCc1[nH]ccc1C(=O)O. The summed E-state index contributed by atoms with van der Waals surface area (Å²) < 4.78 is 0. The highest BCUT2D eigenvalue weighted by Gasteiger charge is 2.10. The molecule has 1 heterocycles. The molecule has 0 spiro atoms. The summed E-state index contributed by atoms with van der Waals surface area (Å²) in [5.74, 6) is -0.866. The van der Waals surface area contributed by atoms with Crippen LogP contribution < -0.4 is 0 Å². The van der Waals surface area contributed by atoms with Crippen LogP contribution >= 0.6 is 0 Å². The Morgan fingerprint density at radius 2 is 2.31 bits per heavy atom. The van der Waals surface area contributed by atoms with Crippen molar-refractivity contribution in [3.63, 3.8) is 0 Å². The third kappa shape index (κ3) is 2.59. The zero-order chi connectivity index (χ0) is 9.84. The van der Waals surface area contributed by atoms with E-state index in [2.05, 4.69) is 4.98 Å². The number of aromatic amines is 1. The molecule has 0 aliphatic heterocycles. The molecule has 0 atom stereocenters. The fraction of sp³-hybridized carbons (Fsp3) is 0.444. The van der Waals surface area contributed by atoms with E-state index in [0.717, 1.165) is 18.7 Å². The lowest BCUT2D eigenvalue weighted by molar-refractivity contribution is 0.0696. The molecule has 0 aromatic carbocycles. The van der Waals surface area contributed by atoms with Gasteiger partial charge in [0.2, 0.25) is 0 Å². The largest absolute Gasteiger partial charge is 0.478 e. The topological polar surface area (TPSA) is 56.3 Å². The Morgan fingerprint density at radius 1 is 1.62 bits per heavy atom. The number of H-pyrrole nitrogens is 1. The summed E-state index contributed by atoms with van der Waals surface area (Å²) in [5, 5.41) is 8.79.